The number of carbonyl (C=O) groups excluding carboxylic acids is 1. The summed E-state index contributed by atoms with van der Waals surface area (Å²) in [5.74, 6) is -0.202. The van der Waals surface area contributed by atoms with Crippen molar-refractivity contribution in [2.75, 3.05) is 11.9 Å². The molecule has 1 amide bonds. The van der Waals surface area contributed by atoms with Crippen LogP contribution in [0.5, 0.6) is 5.88 Å². The van der Waals surface area contributed by atoms with Gasteiger partial charge in [0.1, 0.15) is 16.5 Å². The van der Waals surface area contributed by atoms with E-state index in [4.69, 9.17) is 4.74 Å². The van der Waals surface area contributed by atoms with E-state index < -0.39 is 10.8 Å². The quantitative estimate of drug-likeness (QED) is 0.160. The average molecular weight is 642 g/mol. The number of hydrogen-bond donors (Lipinski definition) is 3. The van der Waals surface area contributed by atoms with Gasteiger partial charge in [0.2, 0.25) is 11.8 Å². The van der Waals surface area contributed by atoms with Crippen LogP contribution < -0.4 is 10.1 Å². The molecule has 4 heterocycles. The second kappa shape index (κ2) is 13.2. The van der Waals surface area contributed by atoms with E-state index in [2.05, 4.69) is 37.7 Å². The zero-order valence-corrected chi connectivity index (χ0v) is 27.2. The van der Waals surface area contributed by atoms with E-state index in [0.29, 0.717) is 25.2 Å². The van der Waals surface area contributed by atoms with Gasteiger partial charge in [-0.1, -0.05) is 36.4 Å². The highest BCUT2D eigenvalue weighted by molar-refractivity contribution is 8.22. The third-order valence-electron chi connectivity index (χ3n) is 8.65. The molecule has 11 nitrogen and oxygen atoms in total. The standard InChI is InChI=1S/C34H39N7O4S/c1-5-27-21-40(46(43,44)31-10-8-16-36-34(31)45-27)20-25-17-24(12-11-22(25)3)29(18-32(42)37-26-9-7-15-35-19-26)28-13-14-30-33(23(28)4)38-39-41(30)6-2/h7-17,19,27,29,43-44H,5-6,18,20-21H2,1-4H3,(H,37,42). The molecule has 1 aliphatic rings. The number of hydrogen-bond acceptors (Lipinski definition) is 9. The second-order valence-electron chi connectivity index (χ2n) is 11.6. The minimum Gasteiger partial charge on any atom is -0.472 e. The number of pyridine rings is 2. The molecular formula is C34H39N7O4S. The van der Waals surface area contributed by atoms with Crippen molar-refractivity contribution in [2.45, 2.75) is 70.5 Å². The average Bonchev–Trinajstić information content (AvgIpc) is 3.45. The maximum atomic E-state index is 13.5. The molecule has 5 aromatic rings. The van der Waals surface area contributed by atoms with Crippen molar-refractivity contribution in [3.8, 4) is 5.88 Å². The van der Waals surface area contributed by atoms with Gasteiger partial charge < -0.3 is 10.1 Å². The predicted molar refractivity (Wildman–Crippen MR) is 179 cm³/mol. The summed E-state index contributed by atoms with van der Waals surface area (Å²) >= 11 is 0. The first kappa shape index (κ1) is 31.6. The third-order valence-corrected chi connectivity index (χ3v) is 10.5. The SMILES string of the molecule is CCC1CN(Cc2cc(C(CC(=O)Nc3cccnc3)c3ccc4c(nnn4CC)c3C)ccc2C)S(O)(O)c2cccnc2O1. The van der Waals surface area contributed by atoms with Gasteiger partial charge in [0.15, 0.2) is 0 Å². The molecule has 0 radical (unpaired) electrons. The van der Waals surface area contributed by atoms with Crippen LogP contribution in [0.25, 0.3) is 11.0 Å². The van der Waals surface area contributed by atoms with Crippen LogP contribution >= 0.6 is 10.8 Å². The van der Waals surface area contributed by atoms with Crippen molar-refractivity contribution in [3.05, 3.63) is 101 Å². The van der Waals surface area contributed by atoms with Gasteiger partial charge in [-0.3, -0.25) is 18.9 Å². The van der Waals surface area contributed by atoms with Crippen molar-refractivity contribution in [1.82, 2.24) is 29.3 Å². The van der Waals surface area contributed by atoms with E-state index in [1.54, 1.807) is 41.1 Å². The van der Waals surface area contributed by atoms with Crippen molar-refractivity contribution in [1.29, 1.82) is 0 Å². The Hall–Kier alpha value is -4.36. The summed E-state index contributed by atoms with van der Waals surface area (Å²) in [4.78, 5) is 22.2. The lowest BCUT2D eigenvalue weighted by molar-refractivity contribution is -0.116. The number of nitrogens with zero attached hydrogens (tertiary/aromatic N) is 6. The van der Waals surface area contributed by atoms with E-state index in [1.165, 1.54) is 0 Å². The molecule has 3 N–H and O–H groups in total. The fourth-order valence-electron chi connectivity index (χ4n) is 6.01. The molecule has 2 aromatic carbocycles. The van der Waals surface area contributed by atoms with Gasteiger partial charge in [-0.25, -0.2) is 9.67 Å². The van der Waals surface area contributed by atoms with E-state index in [-0.39, 0.29) is 41.7 Å². The van der Waals surface area contributed by atoms with Crippen LogP contribution in [0, 0.1) is 13.8 Å². The molecule has 6 rings (SSSR count). The van der Waals surface area contributed by atoms with Gasteiger partial charge in [0.05, 0.1) is 23.9 Å². The lowest BCUT2D eigenvalue weighted by atomic mass is 9.84. The van der Waals surface area contributed by atoms with Crippen LogP contribution in [0.2, 0.25) is 0 Å². The Balaban J connectivity index is 1.39. The summed E-state index contributed by atoms with van der Waals surface area (Å²) in [5, 5.41) is 11.8. The normalized spacial score (nSPS) is 17.5. The Bertz CT molecular complexity index is 1860. The molecule has 0 saturated carbocycles. The van der Waals surface area contributed by atoms with Crippen LogP contribution in [0.4, 0.5) is 5.69 Å². The van der Waals surface area contributed by atoms with Gasteiger partial charge >= 0.3 is 0 Å². The first-order valence-corrected chi connectivity index (χ1v) is 17.0. The van der Waals surface area contributed by atoms with Crippen LogP contribution in [-0.2, 0) is 17.9 Å². The van der Waals surface area contributed by atoms with Gasteiger partial charge in [0, 0.05) is 37.8 Å². The highest BCUT2D eigenvalue weighted by atomic mass is 32.3. The summed E-state index contributed by atoms with van der Waals surface area (Å²) < 4.78 is 32.8. The number of nitrogens with one attached hydrogen (secondary N) is 1. The van der Waals surface area contributed by atoms with Crippen molar-refractivity contribution >= 4 is 33.4 Å². The molecule has 2 unspecified atom stereocenters. The Morgan fingerprint density at radius 3 is 2.70 bits per heavy atom. The molecular weight excluding hydrogens is 602 g/mol. The van der Waals surface area contributed by atoms with Crippen molar-refractivity contribution in [2.24, 2.45) is 0 Å². The summed E-state index contributed by atoms with van der Waals surface area (Å²) in [5.41, 5.74) is 7.18. The molecule has 2 atom stereocenters. The Morgan fingerprint density at radius 2 is 1.93 bits per heavy atom. The van der Waals surface area contributed by atoms with E-state index in [1.807, 2.05) is 56.6 Å². The fraction of sp³-hybridized carbons (Fsp3) is 0.324. The topological polar surface area (TPSA) is 139 Å². The molecule has 1 aliphatic heterocycles. The highest BCUT2D eigenvalue weighted by Crippen LogP contribution is 2.57. The van der Waals surface area contributed by atoms with E-state index in [0.717, 1.165) is 38.9 Å². The fourth-order valence-corrected chi connectivity index (χ4v) is 7.58. The number of fused-ring (bicyclic) bond motifs is 2. The lowest BCUT2D eigenvalue weighted by Crippen LogP contribution is -2.34. The second-order valence-corrected chi connectivity index (χ2v) is 13.6. The molecule has 240 valence electrons. The van der Waals surface area contributed by atoms with E-state index >= 15 is 0 Å². The summed E-state index contributed by atoms with van der Waals surface area (Å²) in [6.45, 7) is 9.36. The number of aryl methyl sites for hydroxylation is 3. The molecule has 46 heavy (non-hydrogen) atoms. The Kier molecular flexibility index (Phi) is 9.05. The van der Waals surface area contributed by atoms with Crippen LogP contribution in [0.1, 0.15) is 60.4 Å². The summed E-state index contributed by atoms with van der Waals surface area (Å²) in [6.07, 6.45) is 5.47. The number of benzene rings is 2. The van der Waals surface area contributed by atoms with Gasteiger partial charge in [-0.05, 0) is 85.3 Å². The molecule has 12 heteroatoms. The van der Waals surface area contributed by atoms with Crippen LogP contribution in [0.15, 0.2) is 78.1 Å². The zero-order valence-electron chi connectivity index (χ0n) is 26.4. The molecule has 0 fully saturated rings. The van der Waals surface area contributed by atoms with Crippen LogP contribution in [0.3, 0.4) is 0 Å². The first-order valence-electron chi connectivity index (χ1n) is 15.5. The lowest BCUT2D eigenvalue weighted by Gasteiger charge is -2.41. The Morgan fingerprint density at radius 1 is 1.11 bits per heavy atom. The number of ether oxygens (including phenoxy) is 1. The molecule has 3 aromatic heterocycles. The minimum atomic E-state index is -3.39. The van der Waals surface area contributed by atoms with Gasteiger partial charge in [0.25, 0.3) is 0 Å². The number of rotatable bonds is 9. The number of amides is 1. The van der Waals surface area contributed by atoms with Gasteiger partial charge in [-0.2, -0.15) is 4.31 Å². The highest BCUT2D eigenvalue weighted by Gasteiger charge is 2.36. The van der Waals surface area contributed by atoms with Crippen molar-refractivity contribution < 1.29 is 18.6 Å². The number of carbonyl (C=O) groups is 1. The molecule has 0 bridgehead atoms. The van der Waals surface area contributed by atoms with Crippen LogP contribution in [-0.4, -0.2) is 56.9 Å². The summed E-state index contributed by atoms with van der Waals surface area (Å²) in [7, 11) is -3.39. The smallest absolute Gasteiger partial charge is 0.239 e. The number of anilines is 1. The zero-order chi connectivity index (χ0) is 32.4. The van der Waals surface area contributed by atoms with Crippen molar-refractivity contribution in [3.63, 3.8) is 0 Å². The third kappa shape index (κ3) is 6.21. The number of aromatic nitrogens is 5. The summed E-state index contributed by atoms with van der Waals surface area (Å²) in [6, 6.07) is 17.2. The maximum Gasteiger partial charge on any atom is 0.239 e. The minimum absolute atomic E-state index is 0.148. The molecule has 0 aliphatic carbocycles. The predicted octanol–water partition coefficient (Wildman–Crippen LogP) is 6.72. The van der Waals surface area contributed by atoms with E-state index in [9.17, 15) is 13.9 Å². The first-order chi connectivity index (χ1) is 22.2. The monoisotopic (exact) mass is 641 g/mol. The Labute approximate surface area is 270 Å². The maximum absolute atomic E-state index is 13.5. The molecule has 0 saturated heterocycles. The van der Waals surface area contributed by atoms with Gasteiger partial charge in [-0.15, -0.1) is 15.9 Å². The molecule has 0 spiro atoms. The largest absolute Gasteiger partial charge is 0.472 e.